The van der Waals surface area contributed by atoms with Crippen molar-refractivity contribution in [1.29, 1.82) is 0 Å². The minimum absolute atomic E-state index is 0.367. The maximum absolute atomic E-state index is 12.2. The molecule has 0 atom stereocenters. The molecule has 1 N–H and O–H groups in total. The predicted molar refractivity (Wildman–Crippen MR) is 75.2 cm³/mol. The number of aryl methyl sites for hydroxylation is 2. The van der Waals surface area contributed by atoms with Gasteiger partial charge in [-0.3, -0.25) is 0 Å². The average molecular weight is 269 g/mol. The van der Waals surface area contributed by atoms with Crippen LogP contribution in [0, 0.1) is 19.8 Å². The standard InChI is InChI=1S/C14H23NO2S/c1-5-13(6-2)10-15-18(16,17)14-8-11(3)7-12(4)9-14/h7-9,13,15H,5-6,10H2,1-4H3. The summed E-state index contributed by atoms with van der Waals surface area (Å²) < 4.78 is 27.0. The molecule has 0 aromatic heterocycles. The van der Waals surface area contributed by atoms with Crippen molar-refractivity contribution >= 4 is 10.0 Å². The van der Waals surface area contributed by atoms with Gasteiger partial charge in [-0.05, 0) is 43.0 Å². The van der Waals surface area contributed by atoms with E-state index in [4.69, 9.17) is 0 Å². The van der Waals surface area contributed by atoms with Gasteiger partial charge in [0.25, 0.3) is 0 Å². The summed E-state index contributed by atoms with van der Waals surface area (Å²) in [6.07, 6.45) is 1.98. The summed E-state index contributed by atoms with van der Waals surface area (Å²) in [5.41, 5.74) is 1.94. The molecule has 0 radical (unpaired) electrons. The fraction of sp³-hybridized carbons (Fsp3) is 0.571. The Kier molecular flexibility index (Phi) is 5.35. The zero-order chi connectivity index (χ0) is 13.8. The van der Waals surface area contributed by atoms with Crippen LogP contribution in [0.3, 0.4) is 0 Å². The number of hydrogen-bond donors (Lipinski definition) is 1. The molecule has 4 heteroatoms. The van der Waals surface area contributed by atoms with Crippen LogP contribution in [-0.4, -0.2) is 15.0 Å². The van der Waals surface area contributed by atoms with E-state index in [1.54, 1.807) is 12.1 Å². The molecule has 102 valence electrons. The van der Waals surface area contributed by atoms with Crippen molar-refractivity contribution in [2.45, 2.75) is 45.4 Å². The van der Waals surface area contributed by atoms with E-state index in [1.807, 2.05) is 19.9 Å². The third kappa shape index (κ3) is 4.10. The van der Waals surface area contributed by atoms with Crippen LogP contribution in [0.5, 0.6) is 0 Å². The molecule has 0 aliphatic heterocycles. The van der Waals surface area contributed by atoms with E-state index >= 15 is 0 Å². The average Bonchev–Trinajstić information content (AvgIpc) is 2.29. The van der Waals surface area contributed by atoms with Gasteiger partial charge >= 0.3 is 0 Å². The van der Waals surface area contributed by atoms with Crippen LogP contribution in [-0.2, 0) is 10.0 Å². The summed E-state index contributed by atoms with van der Waals surface area (Å²) in [6, 6.07) is 5.39. The number of benzene rings is 1. The molecule has 0 saturated carbocycles. The monoisotopic (exact) mass is 269 g/mol. The van der Waals surface area contributed by atoms with Crippen LogP contribution in [0.4, 0.5) is 0 Å². The van der Waals surface area contributed by atoms with E-state index in [2.05, 4.69) is 18.6 Å². The van der Waals surface area contributed by atoms with Gasteiger partial charge < -0.3 is 0 Å². The Balaban J connectivity index is 2.86. The first-order valence-corrected chi connectivity index (χ1v) is 7.95. The molecular formula is C14H23NO2S. The van der Waals surface area contributed by atoms with Gasteiger partial charge in [-0.25, -0.2) is 13.1 Å². The van der Waals surface area contributed by atoms with Crippen molar-refractivity contribution in [3.8, 4) is 0 Å². The van der Waals surface area contributed by atoms with Gasteiger partial charge in [-0.15, -0.1) is 0 Å². The van der Waals surface area contributed by atoms with Crippen LogP contribution in [0.1, 0.15) is 37.8 Å². The molecule has 0 aliphatic carbocycles. The Morgan fingerprint density at radius 1 is 1.06 bits per heavy atom. The highest BCUT2D eigenvalue weighted by Gasteiger charge is 2.16. The quantitative estimate of drug-likeness (QED) is 0.863. The molecule has 0 amide bonds. The van der Waals surface area contributed by atoms with E-state index in [0.29, 0.717) is 17.4 Å². The Labute approximate surface area is 111 Å². The number of nitrogens with one attached hydrogen (secondary N) is 1. The van der Waals surface area contributed by atoms with E-state index in [0.717, 1.165) is 24.0 Å². The fourth-order valence-electron chi connectivity index (χ4n) is 1.98. The molecule has 0 heterocycles. The highest BCUT2D eigenvalue weighted by atomic mass is 32.2. The van der Waals surface area contributed by atoms with Crippen LogP contribution < -0.4 is 4.72 Å². The molecule has 0 bridgehead atoms. The van der Waals surface area contributed by atoms with Gasteiger partial charge in [0.2, 0.25) is 10.0 Å². The molecule has 18 heavy (non-hydrogen) atoms. The molecule has 0 unspecified atom stereocenters. The minimum Gasteiger partial charge on any atom is -0.211 e. The molecule has 1 aromatic carbocycles. The lowest BCUT2D eigenvalue weighted by Crippen LogP contribution is -2.29. The zero-order valence-corrected chi connectivity index (χ0v) is 12.5. The van der Waals surface area contributed by atoms with Crippen molar-refractivity contribution in [2.24, 2.45) is 5.92 Å². The van der Waals surface area contributed by atoms with Gasteiger partial charge in [0.15, 0.2) is 0 Å². The van der Waals surface area contributed by atoms with Gasteiger partial charge in [0.05, 0.1) is 4.90 Å². The molecule has 3 nitrogen and oxygen atoms in total. The van der Waals surface area contributed by atoms with Crippen molar-refractivity contribution in [3.63, 3.8) is 0 Å². The summed E-state index contributed by atoms with van der Waals surface area (Å²) in [5.74, 6) is 0.408. The molecular weight excluding hydrogens is 246 g/mol. The Morgan fingerprint density at radius 3 is 2.00 bits per heavy atom. The Bertz CT molecular complexity index is 470. The fourth-order valence-corrected chi connectivity index (χ4v) is 3.28. The first kappa shape index (κ1) is 15.2. The summed E-state index contributed by atoms with van der Waals surface area (Å²) in [6.45, 7) is 8.50. The molecule has 1 rings (SSSR count). The van der Waals surface area contributed by atoms with Crippen LogP contribution in [0.2, 0.25) is 0 Å². The topological polar surface area (TPSA) is 46.2 Å². The highest BCUT2D eigenvalue weighted by Crippen LogP contribution is 2.15. The van der Waals surface area contributed by atoms with Crippen LogP contribution >= 0.6 is 0 Å². The third-order valence-corrected chi connectivity index (χ3v) is 4.63. The molecule has 0 saturated heterocycles. The van der Waals surface area contributed by atoms with Gasteiger partial charge in [-0.2, -0.15) is 0 Å². The van der Waals surface area contributed by atoms with E-state index < -0.39 is 10.0 Å². The smallest absolute Gasteiger partial charge is 0.211 e. The second-order valence-corrected chi connectivity index (χ2v) is 6.62. The summed E-state index contributed by atoms with van der Waals surface area (Å²) in [5, 5.41) is 0. The van der Waals surface area contributed by atoms with Crippen LogP contribution in [0.15, 0.2) is 23.1 Å². The number of hydrogen-bond acceptors (Lipinski definition) is 2. The number of rotatable bonds is 6. The van der Waals surface area contributed by atoms with Crippen molar-refractivity contribution < 1.29 is 8.42 Å². The van der Waals surface area contributed by atoms with Crippen molar-refractivity contribution in [1.82, 2.24) is 4.72 Å². The molecule has 0 spiro atoms. The van der Waals surface area contributed by atoms with Gasteiger partial charge in [-0.1, -0.05) is 32.8 Å². The second-order valence-electron chi connectivity index (χ2n) is 4.86. The summed E-state index contributed by atoms with van der Waals surface area (Å²) in [4.78, 5) is 0.367. The SMILES string of the molecule is CCC(CC)CNS(=O)(=O)c1cc(C)cc(C)c1. The maximum Gasteiger partial charge on any atom is 0.240 e. The predicted octanol–water partition coefficient (Wildman–Crippen LogP) is 3.02. The maximum atomic E-state index is 12.2. The molecule has 1 aromatic rings. The largest absolute Gasteiger partial charge is 0.240 e. The third-order valence-electron chi connectivity index (χ3n) is 3.22. The van der Waals surface area contributed by atoms with E-state index in [1.165, 1.54) is 0 Å². The molecule has 0 fully saturated rings. The minimum atomic E-state index is -3.37. The van der Waals surface area contributed by atoms with E-state index in [-0.39, 0.29) is 0 Å². The second kappa shape index (κ2) is 6.34. The lowest BCUT2D eigenvalue weighted by molar-refractivity contribution is 0.479. The van der Waals surface area contributed by atoms with Crippen molar-refractivity contribution in [2.75, 3.05) is 6.54 Å². The van der Waals surface area contributed by atoms with Crippen LogP contribution in [0.25, 0.3) is 0 Å². The van der Waals surface area contributed by atoms with Gasteiger partial charge in [0, 0.05) is 6.54 Å². The summed E-state index contributed by atoms with van der Waals surface area (Å²) >= 11 is 0. The lowest BCUT2D eigenvalue weighted by atomic mass is 10.0. The van der Waals surface area contributed by atoms with Crippen molar-refractivity contribution in [3.05, 3.63) is 29.3 Å². The zero-order valence-electron chi connectivity index (χ0n) is 11.7. The summed E-state index contributed by atoms with van der Waals surface area (Å²) in [7, 11) is -3.37. The highest BCUT2D eigenvalue weighted by molar-refractivity contribution is 7.89. The lowest BCUT2D eigenvalue weighted by Gasteiger charge is -2.14. The first-order chi connectivity index (χ1) is 8.39. The normalized spacial score (nSPS) is 12.1. The molecule has 0 aliphatic rings. The van der Waals surface area contributed by atoms with E-state index in [9.17, 15) is 8.42 Å². The van der Waals surface area contributed by atoms with Gasteiger partial charge in [0.1, 0.15) is 0 Å². The Hall–Kier alpha value is -0.870. The first-order valence-electron chi connectivity index (χ1n) is 6.47. The Morgan fingerprint density at radius 2 is 1.56 bits per heavy atom. The number of sulfonamides is 1.